The van der Waals surface area contributed by atoms with E-state index in [-0.39, 0.29) is 0 Å². The van der Waals surface area contributed by atoms with Crippen molar-refractivity contribution < 1.29 is 0 Å². The van der Waals surface area contributed by atoms with Gasteiger partial charge in [-0.3, -0.25) is 0 Å². The Morgan fingerprint density at radius 1 is 0.183 bits per heavy atom. The SMILES string of the molecule is CCCCCCCCc1csc(-c2sc(-c3sc(-c4sc(-c5sc(-c6sc(-c7sc(-c8sccc8CCCCCCCC)cc7CCCCCCCC)cc6CCCCCCCC)cc5CCCCCCCC)cc4CCCCCCCC)cc3CCCCCCCC)cc2CCCCCCCC)c1. The normalized spacial score (nSPS) is 11.9. The van der Waals surface area contributed by atoms with Crippen LogP contribution in [0, 0.1) is 0 Å². The molecule has 0 spiro atoms. The fourth-order valence-corrected chi connectivity index (χ4v) is 25.9. The fourth-order valence-electron chi connectivity index (χ4n) is 15.8. The van der Waals surface area contributed by atoms with Gasteiger partial charge in [0.1, 0.15) is 0 Å². The second-order valence-electron chi connectivity index (χ2n) is 31.5. The Kier molecular flexibility index (Phi) is 44.2. The van der Waals surface area contributed by atoms with Crippen molar-refractivity contribution in [1.82, 2.24) is 0 Å². The van der Waals surface area contributed by atoms with Crippen LogP contribution in [-0.2, 0) is 51.4 Å². The van der Waals surface area contributed by atoms with E-state index in [0.717, 1.165) is 0 Å². The van der Waals surface area contributed by atoms with Gasteiger partial charge in [0.05, 0.1) is 0 Å². The molecule has 0 bridgehead atoms. The number of thiophene rings is 8. The third-order valence-corrected chi connectivity index (χ3v) is 32.5. The molecule has 8 heterocycles. The van der Waals surface area contributed by atoms with Gasteiger partial charge in [-0.1, -0.05) is 312 Å². The van der Waals surface area contributed by atoms with E-state index in [4.69, 9.17) is 0 Å². The highest BCUT2D eigenvalue weighted by Crippen LogP contribution is 2.54. The van der Waals surface area contributed by atoms with Gasteiger partial charge in [-0.2, -0.15) is 0 Å². The van der Waals surface area contributed by atoms with Crippen molar-refractivity contribution in [3.8, 4) is 68.3 Å². The van der Waals surface area contributed by atoms with Gasteiger partial charge in [-0.25, -0.2) is 0 Å². The molecular weight excluding hydrogens is 1410 g/mol. The fraction of sp³-hybridized carbons (Fsp3) is 0.667. The molecule has 104 heavy (non-hydrogen) atoms. The summed E-state index contributed by atoms with van der Waals surface area (Å²) in [6, 6.07) is 21.5. The molecule has 8 rings (SSSR count). The van der Waals surface area contributed by atoms with Gasteiger partial charge in [0, 0.05) is 68.3 Å². The molecule has 0 N–H and O–H groups in total. The zero-order valence-electron chi connectivity index (χ0n) is 67.6. The predicted octanol–water partition coefficient (Wildman–Crippen LogP) is 37.1. The lowest BCUT2D eigenvalue weighted by Crippen LogP contribution is -1.88. The maximum absolute atomic E-state index is 2.77. The third kappa shape index (κ3) is 29.7. The molecule has 0 aliphatic rings. The van der Waals surface area contributed by atoms with E-state index in [0.29, 0.717) is 0 Å². The Morgan fingerprint density at radius 3 is 0.635 bits per heavy atom. The smallest absolute Gasteiger partial charge is 0.0481 e. The first-order valence-corrected chi connectivity index (χ1v) is 50.9. The van der Waals surface area contributed by atoms with Gasteiger partial charge in [0.2, 0.25) is 0 Å². The maximum Gasteiger partial charge on any atom is 0.0481 e. The highest BCUT2D eigenvalue weighted by molar-refractivity contribution is 7.31. The Hall–Kier alpha value is -2.40. The van der Waals surface area contributed by atoms with Crippen molar-refractivity contribution in [3.63, 3.8) is 0 Å². The monoisotopic (exact) mass is 1550 g/mol. The van der Waals surface area contributed by atoms with Crippen molar-refractivity contribution >= 4 is 90.7 Å². The van der Waals surface area contributed by atoms with Crippen molar-refractivity contribution in [2.24, 2.45) is 0 Å². The summed E-state index contributed by atoms with van der Waals surface area (Å²) in [4.78, 5) is 21.8. The lowest BCUT2D eigenvalue weighted by Gasteiger charge is -2.03. The summed E-state index contributed by atoms with van der Waals surface area (Å²) >= 11 is 17.1. The molecule has 0 atom stereocenters. The zero-order valence-corrected chi connectivity index (χ0v) is 74.2. The van der Waals surface area contributed by atoms with E-state index in [2.05, 4.69) is 183 Å². The average Bonchev–Trinajstić information content (AvgIpc) is 1.62. The molecule has 8 aromatic rings. The Morgan fingerprint density at radius 2 is 0.385 bits per heavy atom. The lowest BCUT2D eigenvalue weighted by molar-refractivity contribution is 0.607. The quantitative estimate of drug-likeness (QED) is 0.0333. The molecule has 0 saturated heterocycles. The number of hydrogen-bond donors (Lipinski definition) is 0. The van der Waals surface area contributed by atoms with Gasteiger partial charge >= 0.3 is 0 Å². The third-order valence-electron chi connectivity index (χ3n) is 22.2. The number of unbranched alkanes of at least 4 members (excludes halogenated alkanes) is 40. The minimum atomic E-state index is 1.18. The highest BCUT2D eigenvalue weighted by atomic mass is 32.1. The van der Waals surface area contributed by atoms with Gasteiger partial charge < -0.3 is 0 Å². The average molecular weight is 1560 g/mol. The number of hydrogen-bond acceptors (Lipinski definition) is 8. The standard InChI is InChI=1S/C96H146S8/c1-9-17-25-33-41-49-57-75-67-83(98-74-75)91-77(59-51-43-35-27-19-11-3)69-85(100-91)93-79(61-53-45-37-29-21-13-5)71-87(102-93)95-81(63-55-47-39-31-23-15-7)73-89(104-95)96-82(64-56-48-40-32-24-16-8)72-88(103-96)94-80(62-54-46-38-30-22-14-6)70-86(101-94)92-78(60-52-44-36-28-20-12-4)68-84(99-92)90-76(65-66-97-90)58-50-42-34-26-18-10-2/h65-74H,9-64H2,1-8H3. The molecule has 578 valence electrons. The van der Waals surface area contributed by atoms with Crippen LogP contribution in [-0.4, -0.2) is 0 Å². The molecule has 0 nitrogen and oxygen atoms in total. The van der Waals surface area contributed by atoms with Gasteiger partial charge in [0.15, 0.2) is 0 Å². The lowest BCUT2D eigenvalue weighted by atomic mass is 10.0. The molecule has 8 heteroatoms. The highest BCUT2D eigenvalue weighted by Gasteiger charge is 2.26. The molecular formula is C96H146S8. The van der Waals surface area contributed by atoms with Crippen molar-refractivity contribution in [1.29, 1.82) is 0 Å². The van der Waals surface area contributed by atoms with Crippen LogP contribution in [0.1, 0.15) is 408 Å². The second-order valence-corrected chi connectivity index (χ2v) is 39.7. The van der Waals surface area contributed by atoms with Gasteiger partial charge in [-0.15, -0.1) is 90.7 Å². The van der Waals surface area contributed by atoms with Crippen molar-refractivity contribution in [2.75, 3.05) is 0 Å². The number of rotatable bonds is 63. The summed E-state index contributed by atoms with van der Waals surface area (Å²) in [5.74, 6) is 0. The van der Waals surface area contributed by atoms with Crippen LogP contribution in [0.15, 0.2) is 59.3 Å². The molecule has 0 unspecified atom stereocenters. The topological polar surface area (TPSA) is 0 Å². The molecule has 0 aliphatic carbocycles. The molecule has 0 fully saturated rings. The van der Waals surface area contributed by atoms with Gasteiger partial charge in [-0.05, 0) is 207 Å². The van der Waals surface area contributed by atoms with Crippen molar-refractivity contribution in [2.45, 2.75) is 415 Å². The molecule has 0 saturated carbocycles. The Bertz CT molecular complexity index is 3470. The first-order chi connectivity index (χ1) is 51.3. The van der Waals surface area contributed by atoms with E-state index in [1.54, 1.807) is 103 Å². The van der Waals surface area contributed by atoms with E-state index < -0.39 is 0 Å². The second kappa shape index (κ2) is 52.7. The summed E-state index contributed by atoms with van der Waals surface area (Å²) in [6.07, 6.45) is 74.2. The largest absolute Gasteiger partial charge is 0.143 e. The maximum atomic E-state index is 2.77. The summed E-state index contributed by atoms with van der Waals surface area (Å²) in [7, 11) is 0. The molecule has 0 amide bonds. The molecule has 0 aromatic carbocycles. The molecule has 0 aliphatic heterocycles. The van der Waals surface area contributed by atoms with E-state index in [1.807, 2.05) is 22.7 Å². The van der Waals surface area contributed by atoms with Crippen LogP contribution in [0.25, 0.3) is 68.3 Å². The van der Waals surface area contributed by atoms with E-state index in [1.165, 1.54) is 369 Å². The molecule has 8 aromatic heterocycles. The van der Waals surface area contributed by atoms with Crippen LogP contribution in [0.2, 0.25) is 0 Å². The van der Waals surface area contributed by atoms with E-state index in [9.17, 15) is 0 Å². The summed E-state index contributed by atoms with van der Waals surface area (Å²) in [5.41, 5.74) is 12.9. The van der Waals surface area contributed by atoms with Crippen LogP contribution < -0.4 is 0 Å². The minimum absolute atomic E-state index is 1.18. The zero-order chi connectivity index (χ0) is 73.0. The summed E-state index contributed by atoms with van der Waals surface area (Å²) in [6.45, 7) is 18.9. The first kappa shape index (κ1) is 87.2. The van der Waals surface area contributed by atoms with Crippen molar-refractivity contribution in [3.05, 3.63) is 104 Å². The van der Waals surface area contributed by atoms with Gasteiger partial charge in [0.25, 0.3) is 0 Å². The minimum Gasteiger partial charge on any atom is -0.143 e. The Labute approximate surface area is 671 Å². The first-order valence-electron chi connectivity index (χ1n) is 44.3. The summed E-state index contributed by atoms with van der Waals surface area (Å²) in [5, 5.41) is 4.93. The van der Waals surface area contributed by atoms with Crippen LogP contribution in [0.4, 0.5) is 0 Å². The van der Waals surface area contributed by atoms with E-state index >= 15 is 0 Å². The predicted molar refractivity (Wildman–Crippen MR) is 484 cm³/mol. The van der Waals surface area contributed by atoms with Crippen LogP contribution in [0.5, 0.6) is 0 Å². The summed E-state index contributed by atoms with van der Waals surface area (Å²) < 4.78 is 0. The molecule has 0 radical (unpaired) electrons. The van der Waals surface area contributed by atoms with Crippen LogP contribution >= 0.6 is 90.7 Å². The van der Waals surface area contributed by atoms with Crippen LogP contribution in [0.3, 0.4) is 0 Å². The number of aryl methyl sites for hydroxylation is 8. The Balaban J connectivity index is 1.22.